The van der Waals surface area contributed by atoms with Gasteiger partial charge in [-0.25, -0.2) is 4.98 Å². The number of nitriles is 1. The van der Waals surface area contributed by atoms with Gasteiger partial charge in [0, 0.05) is 35.2 Å². The van der Waals surface area contributed by atoms with Crippen LogP contribution in [0.15, 0.2) is 42.9 Å². The third kappa shape index (κ3) is 2.84. The first-order valence-corrected chi connectivity index (χ1v) is 8.37. The van der Waals surface area contributed by atoms with Gasteiger partial charge in [0.25, 0.3) is 0 Å². The van der Waals surface area contributed by atoms with E-state index in [-0.39, 0.29) is 17.7 Å². The summed E-state index contributed by atoms with van der Waals surface area (Å²) in [5.41, 5.74) is 9.92. The van der Waals surface area contributed by atoms with Crippen molar-refractivity contribution in [3.8, 4) is 17.2 Å². The van der Waals surface area contributed by atoms with Gasteiger partial charge in [-0.05, 0) is 54.1 Å². The van der Waals surface area contributed by atoms with E-state index in [9.17, 15) is 4.79 Å². The standard InChI is InChI=1S/C20H17N5O/c1-11-2-3-23-9-16(11)12-4-13-7-19(24-10-17(13)18(22)6-12)25-20(26)15-5-14(15)8-21/h2-4,6-7,9-10,14-15H,5,22H2,1H3,(H,24,25,26)/t14-,15+/m1/s1. The number of aryl methyl sites for hydroxylation is 1. The second-order valence-corrected chi connectivity index (χ2v) is 6.61. The number of rotatable bonds is 3. The van der Waals surface area contributed by atoms with Gasteiger partial charge < -0.3 is 11.1 Å². The second-order valence-electron chi connectivity index (χ2n) is 6.61. The van der Waals surface area contributed by atoms with E-state index in [0.29, 0.717) is 17.9 Å². The lowest BCUT2D eigenvalue weighted by Crippen LogP contribution is -2.15. The van der Waals surface area contributed by atoms with Crippen LogP contribution in [0.4, 0.5) is 11.5 Å². The molecule has 1 aromatic carbocycles. The van der Waals surface area contributed by atoms with E-state index >= 15 is 0 Å². The van der Waals surface area contributed by atoms with Crippen LogP contribution >= 0.6 is 0 Å². The van der Waals surface area contributed by atoms with Crippen LogP contribution in [-0.4, -0.2) is 15.9 Å². The topological polar surface area (TPSA) is 105 Å². The molecule has 0 spiro atoms. The van der Waals surface area contributed by atoms with Crippen molar-refractivity contribution < 1.29 is 4.79 Å². The fourth-order valence-electron chi connectivity index (χ4n) is 3.12. The molecule has 0 unspecified atom stereocenters. The number of nitrogens with one attached hydrogen (secondary N) is 1. The number of pyridine rings is 2. The highest BCUT2D eigenvalue weighted by Crippen LogP contribution is 2.38. The normalized spacial score (nSPS) is 18.3. The summed E-state index contributed by atoms with van der Waals surface area (Å²) in [5.74, 6) is -0.0978. The van der Waals surface area contributed by atoms with Gasteiger partial charge in [-0.3, -0.25) is 9.78 Å². The van der Waals surface area contributed by atoms with E-state index in [2.05, 4.69) is 21.4 Å². The minimum atomic E-state index is -0.230. The fourth-order valence-corrected chi connectivity index (χ4v) is 3.12. The smallest absolute Gasteiger partial charge is 0.230 e. The van der Waals surface area contributed by atoms with Gasteiger partial charge in [0.15, 0.2) is 0 Å². The molecule has 1 saturated carbocycles. The predicted octanol–water partition coefficient (Wildman–Crippen LogP) is 3.29. The Hall–Kier alpha value is -3.46. The number of hydrogen-bond acceptors (Lipinski definition) is 5. The molecule has 3 N–H and O–H groups in total. The minimum absolute atomic E-state index is 0.157. The van der Waals surface area contributed by atoms with Gasteiger partial charge >= 0.3 is 0 Å². The SMILES string of the molecule is Cc1ccncc1-c1cc(N)c2cnc(NC(=O)[C@H]3C[C@@H]3C#N)cc2c1. The average Bonchev–Trinajstić information content (AvgIpc) is 3.42. The molecular weight excluding hydrogens is 326 g/mol. The number of hydrogen-bond donors (Lipinski definition) is 2. The summed E-state index contributed by atoms with van der Waals surface area (Å²) < 4.78 is 0. The number of amides is 1. The summed E-state index contributed by atoms with van der Waals surface area (Å²) in [7, 11) is 0. The summed E-state index contributed by atoms with van der Waals surface area (Å²) in [5, 5.41) is 13.4. The molecule has 4 rings (SSSR count). The molecule has 1 aliphatic carbocycles. The number of carbonyl (C=O) groups excluding carboxylic acids is 1. The zero-order valence-electron chi connectivity index (χ0n) is 14.2. The first-order valence-electron chi connectivity index (χ1n) is 8.37. The molecule has 1 fully saturated rings. The molecule has 128 valence electrons. The number of nitrogens with zero attached hydrogens (tertiary/aromatic N) is 3. The summed E-state index contributed by atoms with van der Waals surface area (Å²) in [6.07, 6.45) is 5.85. The highest BCUT2D eigenvalue weighted by molar-refractivity contribution is 6.00. The highest BCUT2D eigenvalue weighted by Gasteiger charge is 2.43. The first kappa shape index (κ1) is 16.0. The van der Waals surface area contributed by atoms with Crippen molar-refractivity contribution in [1.29, 1.82) is 5.26 Å². The molecule has 26 heavy (non-hydrogen) atoms. The van der Waals surface area contributed by atoms with Crippen LogP contribution in [0.3, 0.4) is 0 Å². The van der Waals surface area contributed by atoms with Crippen molar-refractivity contribution in [3.05, 3.63) is 48.4 Å². The number of fused-ring (bicyclic) bond motifs is 1. The average molecular weight is 343 g/mol. The minimum Gasteiger partial charge on any atom is -0.398 e. The Labute approximate surface area is 150 Å². The Kier molecular flexibility index (Phi) is 3.77. The largest absolute Gasteiger partial charge is 0.398 e. The van der Waals surface area contributed by atoms with Crippen molar-refractivity contribution in [2.75, 3.05) is 11.1 Å². The number of aromatic nitrogens is 2. The zero-order chi connectivity index (χ0) is 18.3. The van der Waals surface area contributed by atoms with Crippen LogP contribution in [0.1, 0.15) is 12.0 Å². The van der Waals surface area contributed by atoms with Crippen LogP contribution in [0.2, 0.25) is 0 Å². The van der Waals surface area contributed by atoms with Crippen LogP contribution in [-0.2, 0) is 4.79 Å². The lowest BCUT2D eigenvalue weighted by Gasteiger charge is -2.11. The summed E-state index contributed by atoms with van der Waals surface area (Å²) >= 11 is 0. The molecule has 0 bridgehead atoms. The second kappa shape index (κ2) is 6.12. The van der Waals surface area contributed by atoms with Crippen LogP contribution in [0.25, 0.3) is 21.9 Å². The molecule has 6 heteroatoms. The summed E-state index contributed by atoms with van der Waals surface area (Å²) in [6.45, 7) is 2.02. The fraction of sp³-hybridized carbons (Fsp3) is 0.200. The van der Waals surface area contributed by atoms with Crippen molar-refractivity contribution in [1.82, 2.24) is 9.97 Å². The number of nitrogen functional groups attached to an aromatic ring is 1. The van der Waals surface area contributed by atoms with E-state index in [4.69, 9.17) is 11.0 Å². The highest BCUT2D eigenvalue weighted by atomic mass is 16.2. The molecule has 0 aliphatic heterocycles. The van der Waals surface area contributed by atoms with Gasteiger partial charge in [0.2, 0.25) is 5.91 Å². The van der Waals surface area contributed by atoms with E-state index in [1.54, 1.807) is 12.4 Å². The molecule has 2 aromatic heterocycles. The number of anilines is 2. The third-order valence-corrected chi connectivity index (χ3v) is 4.76. The van der Waals surface area contributed by atoms with E-state index < -0.39 is 0 Å². The molecule has 3 aromatic rings. The third-order valence-electron chi connectivity index (χ3n) is 4.76. The molecular formula is C20H17N5O. The number of nitrogens with two attached hydrogens (primary N) is 1. The maximum Gasteiger partial charge on any atom is 0.230 e. The Balaban J connectivity index is 1.70. The molecule has 0 saturated heterocycles. The van der Waals surface area contributed by atoms with E-state index in [1.165, 1.54) is 0 Å². The lowest BCUT2D eigenvalue weighted by molar-refractivity contribution is -0.117. The van der Waals surface area contributed by atoms with Crippen LogP contribution in [0.5, 0.6) is 0 Å². The predicted molar refractivity (Wildman–Crippen MR) is 100.0 cm³/mol. The van der Waals surface area contributed by atoms with Gasteiger partial charge in [0.1, 0.15) is 5.82 Å². The Morgan fingerprint density at radius 1 is 1.35 bits per heavy atom. The lowest BCUT2D eigenvalue weighted by atomic mass is 9.99. The van der Waals surface area contributed by atoms with E-state index in [0.717, 1.165) is 27.5 Å². The van der Waals surface area contributed by atoms with Gasteiger partial charge in [-0.1, -0.05) is 0 Å². The Morgan fingerprint density at radius 3 is 2.92 bits per heavy atom. The monoisotopic (exact) mass is 343 g/mol. The summed E-state index contributed by atoms with van der Waals surface area (Å²) in [6, 6.07) is 9.81. The maximum atomic E-state index is 12.1. The van der Waals surface area contributed by atoms with Gasteiger partial charge in [-0.2, -0.15) is 5.26 Å². The number of carbonyl (C=O) groups is 1. The van der Waals surface area contributed by atoms with Gasteiger partial charge in [-0.15, -0.1) is 0 Å². The molecule has 6 nitrogen and oxygen atoms in total. The molecule has 1 aliphatic rings. The Morgan fingerprint density at radius 2 is 2.19 bits per heavy atom. The van der Waals surface area contributed by atoms with E-state index in [1.807, 2.05) is 37.4 Å². The van der Waals surface area contributed by atoms with Crippen LogP contribution < -0.4 is 11.1 Å². The Bertz CT molecular complexity index is 1070. The van der Waals surface area contributed by atoms with Crippen molar-refractivity contribution in [3.63, 3.8) is 0 Å². The molecule has 1 amide bonds. The molecule has 0 radical (unpaired) electrons. The van der Waals surface area contributed by atoms with Crippen LogP contribution in [0, 0.1) is 30.1 Å². The zero-order valence-corrected chi connectivity index (χ0v) is 14.2. The van der Waals surface area contributed by atoms with Gasteiger partial charge in [0.05, 0.1) is 17.9 Å². The molecule has 2 heterocycles. The summed E-state index contributed by atoms with van der Waals surface area (Å²) in [4.78, 5) is 20.6. The number of benzene rings is 1. The maximum absolute atomic E-state index is 12.1. The van der Waals surface area contributed by atoms with Crippen molar-refractivity contribution in [2.24, 2.45) is 11.8 Å². The quantitative estimate of drug-likeness (QED) is 0.710. The van der Waals surface area contributed by atoms with Crippen molar-refractivity contribution in [2.45, 2.75) is 13.3 Å². The van der Waals surface area contributed by atoms with Crippen molar-refractivity contribution >= 4 is 28.2 Å². The molecule has 2 atom stereocenters. The first-order chi connectivity index (χ1) is 12.6.